The number of nitrogens with two attached hydrogens (primary N) is 1. The van der Waals surface area contributed by atoms with Crippen LogP contribution in [0, 0.1) is 0 Å². The Bertz CT molecular complexity index is 1310. The monoisotopic (exact) mass is 482 g/mol. The number of imidazole rings is 1. The number of carbonyl (C=O) groups is 1. The molecule has 3 aromatic heterocycles. The van der Waals surface area contributed by atoms with Gasteiger partial charge in [0.05, 0.1) is 16.8 Å². The number of carbonyl (C=O) groups excluding carboxylic acids is 1. The molecule has 33 heavy (non-hydrogen) atoms. The first-order valence-electron chi connectivity index (χ1n) is 10.7. The van der Waals surface area contributed by atoms with Crippen LogP contribution in [0.5, 0.6) is 5.75 Å². The zero-order valence-corrected chi connectivity index (χ0v) is 20.6. The average Bonchev–Trinajstić information content (AvgIpc) is 3.36. The first-order chi connectivity index (χ1) is 15.6. The predicted molar refractivity (Wildman–Crippen MR) is 134 cm³/mol. The van der Waals surface area contributed by atoms with Gasteiger partial charge in [0.25, 0.3) is 5.91 Å². The van der Waals surface area contributed by atoms with E-state index in [9.17, 15) is 4.79 Å². The second-order valence-corrected chi connectivity index (χ2v) is 10.4. The summed E-state index contributed by atoms with van der Waals surface area (Å²) in [4.78, 5) is 17.8. The van der Waals surface area contributed by atoms with E-state index < -0.39 is 5.91 Å². The Morgan fingerprint density at radius 1 is 1.27 bits per heavy atom. The fourth-order valence-electron chi connectivity index (χ4n) is 3.51. The predicted octanol–water partition coefficient (Wildman–Crippen LogP) is 5.84. The summed E-state index contributed by atoms with van der Waals surface area (Å²) in [6.07, 6.45) is 3.34. The number of hydrogen-bond acceptors (Lipinski definition) is 5. The van der Waals surface area contributed by atoms with Crippen molar-refractivity contribution >= 4 is 34.5 Å². The average molecular weight is 483 g/mol. The number of fused-ring (bicyclic) bond motifs is 1. The number of primary amides is 1. The quantitative estimate of drug-likeness (QED) is 0.346. The maximum atomic E-state index is 12.1. The molecule has 0 saturated heterocycles. The molecule has 0 aliphatic heterocycles. The van der Waals surface area contributed by atoms with Crippen LogP contribution in [0.2, 0.25) is 5.02 Å². The minimum absolute atomic E-state index is 0.0181. The number of ether oxygens (including phenoxy) is 1. The highest BCUT2D eigenvalue weighted by Gasteiger charge is 2.21. The summed E-state index contributed by atoms with van der Waals surface area (Å²) < 4.78 is 8.16. The summed E-state index contributed by atoms with van der Waals surface area (Å²) in [7, 11) is 0. The summed E-state index contributed by atoms with van der Waals surface area (Å²) in [6.45, 7) is 8.99. The van der Waals surface area contributed by atoms with Crippen LogP contribution in [0.4, 0.5) is 0 Å². The Balaban J connectivity index is 1.59. The van der Waals surface area contributed by atoms with Gasteiger partial charge in [0, 0.05) is 34.9 Å². The van der Waals surface area contributed by atoms with Crippen LogP contribution in [-0.4, -0.2) is 20.8 Å². The van der Waals surface area contributed by atoms with E-state index in [1.165, 1.54) is 11.3 Å². The molecule has 1 atom stereocenters. The number of benzene rings is 1. The summed E-state index contributed by atoms with van der Waals surface area (Å²) in [5.41, 5.74) is 9.31. The summed E-state index contributed by atoms with van der Waals surface area (Å²) >= 11 is 7.88. The van der Waals surface area contributed by atoms with Crippen molar-refractivity contribution in [3.63, 3.8) is 0 Å². The normalized spacial score (nSPS) is 12.8. The first kappa shape index (κ1) is 23.3. The smallest absolute Gasteiger partial charge is 0.262 e. The number of hydrogen-bond donors (Lipinski definition) is 2. The Labute approximate surface area is 202 Å². The second-order valence-electron chi connectivity index (χ2n) is 8.96. The molecule has 4 aromatic rings. The van der Waals surface area contributed by atoms with Gasteiger partial charge in [-0.3, -0.25) is 9.20 Å². The van der Waals surface area contributed by atoms with Crippen molar-refractivity contribution in [2.75, 3.05) is 0 Å². The van der Waals surface area contributed by atoms with Gasteiger partial charge in [-0.2, -0.15) is 0 Å². The summed E-state index contributed by atoms with van der Waals surface area (Å²) in [6, 6.07) is 13.6. The molecular formula is C25H27ClN4O2S. The standard InChI is InChI=1S/C25H27ClN4O2S/c1-15(17-9-8-16(11-18(17)26)13-29-25(2,3)4)32-20-12-21(33-23(20)24(27)31)19-14-28-22-7-5-6-10-30(19)22/h5-12,14-15,29H,13H2,1-4H3,(H2,27,31). The van der Waals surface area contributed by atoms with E-state index >= 15 is 0 Å². The van der Waals surface area contributed by atoms with Gasteiger partial charge in [-0.1, -0.05) is 29.8 Å². The fraction of sp³-hybridized carbons (Fsp3) is 0.280. The molecule has 0 aliphatic rings. The largest absolute Gasteiger partial charge is 0.484 e. The molecule has 0 aliphatic carbocycles. The topological polar surface area (TPSA) is 81.7 Å². The van der Waals surface area contributed by atoms with E-state index in [4.69, 9.17) is 22.1 Å². The van der Waals surface area contributed by atoms with Crippen molar-refractivity contribution in [2.45, 2.75) is 45.9 Å². The van der Waals surface area contributed by atoms with Crippen molar-refractivity contribution in [1.29, 1.82) is 0 Å². The van der Waals surface area contributed by atoms with Crippen LogP contribution in [0.25, 0.3) is 16.2 Å². The van der Waals surface area contributed by atoms with Gasteiger partial charge in [0.15, 0.2) is 0 Å². The molecule has 0 spiro atoms. The van der Waals surface area contributed by atoms with Crippen LogP contribution in [0.15, 0.2) is 54.9 Å². The lowest BCUT2D eigenvalue weighted by molar-refractivity contribution is 0.0998. The fourth-order valence-corrected chi connectivity index (χ4v) is 4.81. The minimum Gasteiger partial charge on any atom is -0.484 e. The van der Waals surface area contributed by atoms with Gasteiger partial charge in [-0.15, -0.1) is 11.3 Å². The number of halogens is 1. The van der Waals surface area contributed by atoms with E-state index in [-0.39, 0.29) is 11.6 Å². The third kappa shape index (κ3) is 5.21. The molecule has 3 heterocycles. The van der Waals surface area contributed by atoms with Crippen molar-refractivity contribution < 1.29 is 9.53 Å². The number of pyridine rings is 1. The molecular weight excluding hydrogens is 456 g/mol. The van der Waals surface area contributed by atoms with Crippen LogP contribution in [0.3, 0.4) is 0 Å². The molecule has 0 saturated carbocycles. The van der Waals surface area contributed by atoms with E-state index in [1.807, 2.05) is 60.0 Å². The number of thiophene rings is 1. The molecule has 4 rings (SSSR count). The highest BCUT2D eigenvalue weighted by molar-refractivity contribution is 7.17. The number of amides is 1. The van der Waals surface area contributed by atoms with E-state index in [2.05, 4.69) is 31.1 Å². The van der Waals surface area contributed by atoms with Crippen LogP contribution < -0.4 is 15.8 Å². The van der Waals surface area contributed by atoms with Gasteiger partial charge in [-0.05, 0) is 51.5 Å². The number of aromatic nitrogens is 2. The molecule has 1 aromatic carbocycles. The molecule has 0 fully saturated rings. The van der Waals surface area contributed by atoms with Crippen molar-refractivity contribution in [1.82, 2.24) is 14.7 Å². The van der Waals surface area contributed by atoms with Crippen LogP contribution in [-0.2, 0) is 6.54 Å². The van der Waals surface area contributed by atoms with E-state index in [0.717, 1.165) is 33.9 Å². The molecule has 1 unspecified atom stereocenters. The SMILES string of the molecule is CC(Oc1cc(-c2cnc3ccccn23)sc1C(N)=O)c1ccc(CNC(C)(C)C)cc1Cl. The molecule has 1 amide bonds. The van der Waals surface area contributed by atoms with Crippen LogP contribution >= 0.6 is 22.9 Å². The zero-order chi connectivity index (χ0) is 23.8. The van der Waals surface area contributed by atoms with E-state index in [0.29, 0.717) is 15.6 Å². The Morgan fingerprint density at radius 2 is 2.06 bits per heavy atom. The Kier molecular flexibility index (Phi) is 6.47. The Hall–Kier alpha value is -2.87. The molecule has 3 N–H and O–H groups in total. The van der Waals surface area contributed by atoms with Crippen LogP contribution in [0.1, 0.15) is 54.6 Å². The molecule has 6 nitrogen and oxygen atoms in total. The van der Waals surface area contributed by atoms with Gasteiger partial charge in [-0.25, -0.2) is 4.98 Å². The van der Waals surface area contributed by atoms with Gasteiger partial charge in [0.1, 0.15) is 22.4 Å². The Morgan fingerprint density at radius 3 is 2.76 bits per heavy atom. The van der Waals surface area contributed by atoms with Crippen molar-refractivity contribution in [2.24, 2.45) is 5.73 Å². The number of nitrogens with one attached hydrogen (secondary N) is 1. The third-order valence-electron chi connectivity index (χ3n) is 5.22. The first-order valence-corrected chi connectivity index (χ1v) is 11.9. The molecule has 172 valence electrons. The highest BCUT2D eigenvalue weighted by Crippen LogP contribution is 2.39. The summed E-state index contributed by atoms with van der Waals surface area (Å²) in [5, 5.41) is 4.07. The van der Waals surface area contributed by atoms with Crippen molar-refractivity contribution in [3.05, 3.63) is 75.9 Å². The van der Waals surface area contributed by atoms with Gasteiger partial charge >= 0.3 is 0 Å². The second kappa shape index (κ2) is 9.17. The number of nitrogens with zero attached hydrogens (tertiary/aromatic N) is 2. The van der Waals surface area contributed by atoms with Crippen molar-refractivity contribution in [3.8, 4) is 16.3 Å². The zero-order valence-electron chi connectivity index (χ0n) is 19.1. The third-order valence-corrected chi connectivity index (χ3v) is 6.70. The van der Waals surface area contributed by atoms with E-state index in [1.54, 1.807) is 6.20 Å². The maximum Gasteiger partial charge on any atom is 0.262 e. The minimum atomic E-state index is -0.531. The molecule has 0 bridgehead atoms. The lowest BCUT2D eigenvalue weighted by Gasteiger charge is -2.21. The highest BCUT2D eigenvalue weighted by atomic mass is 35.5. The maximum absolute atomic E-state index is 12.1. The molecule has 0 radical (unpaired) electrons. The number of rotatable bonds is 7. The van der Waals surface area contributed by atoms with Gasteiger partial charge in [0.2, 0.25) is 0 Å². The van der Waals surface area contributed by atoms with Gasteiger partial charge < -0.3 is 15.8 Å². The molecule has 8 heteroatoms. The summed E-state index contributed by atoms with van der Waals surface area (Å²) in [5.74, 6) is -0.0904. The lowest BCUT2D eigenvalue weighted by Crippen LogP contribution is -2.35. The lowest BCUT2D eigenvalue weighted by atomic mass is 10.1.